The summed E-state index contributed by atoms with van der Waals surface area (Å²) >= 11 is 0. The van der Waals surface area contributed by atoms with Crippen molar-refractivity contribution in [3.63, 3.8) is 0 Å². The lowest BCUT2D eigenvalue weighted by molar-refractivity contribution is -0.140. The molecule has 11 heteroatoms. The van der Waals surface area contributed by atoms with Gasteiger partial charge in [-0.05, 0) is 18.6 Å². The topological polar surface area (TPSA) is 162 Å². The number of carbonyl (C=O) groups is 3. The molecule has 0 fully saturated rings. The highest BCUT2D eigenvalue weighted by Gasteiger charge is 2.29. The third-order valence-electron chi connectivity index (χ3n) is 2.95. The zero-order valence-corrected chi connectivity index (χ0v) is 14.0. The summed E-state index contributed by atoms with van der Waals surface area (Å²) in [6.07, 6.45) is -0.875. The normalized spacial score (nSPS) is 14.3. The Hall–Kier alpha value is -2.26. The molecule has 0 aromatic heterocycles. The number of carbonyl (C=O) groups excluding carboxylic acids is 1. The van der Waals surface area contributed by atoms with E-state index in [-0.39, 0.29) is 19.6 Å². The Morgan fingerprint density at radius 3 is 2.36 bits per heavy atom. The van der Waals surface area contributed by atoms with Crippen LogP contribution in [-0.4, -0.2) is 52.1 Å². The molecule has 1 aromatic carbocycles. The highest BCUT2D eigenvalue weighted by atomic mass is 31.2. The van der Waals surface area contributed by atoms with Crippen LogP contribution < -0.4 is 10.4 Å². The third kappa shape index (κ3) is 8.41. The number of benzene rings is 1. The molecule has 0 saturated heterocycles. The maximum atomic E-state index is 11.8. The van der Waals surface area contributed by atoms with Crippen molar-refractivity contribution in [3.05, 3.63) is 35.9 Å². The summed E-state index contributed by atoms with van der Waals surface area (Å²) in [5.41, 5.74) is 0.410. The molecule has 0 spiro atoms. The van der Waals surface area contributed by atoms with Crippen molar-refractivity contribution in [2.45, 2.75) is 18.9 Å². The van der Waals surface area contributed by atoms with E-state index in [0.717, 1.165) is 0 Å². The van der Waals surface area contributed by atoms with Gasteiger partial charge in [-0.25, -0.2) is 9.65 Å². The van der Waals surface area contributed by atoms with E-state index in [1.165, 1.54) is 0 Å². The molecule has 0 bridgehead atoms. The lowest BCUT2D eigenvalue weighted by Crippen LogP contribution is -2.36. The Labute approximate surface area is 143 Å². The van der Waals surface area contributed by atoms with Crippen LogP contribution in [0.15, 0.2) is 30.3 Å². The van der Waals surface area contributed by atoms with E-state index in [4.69, 9.17) is 10.2 Å². The minimum Gasteiger partial charge on any atom is -0.481 e. The van der Waals surface area contributed by atoms with E-state index in [0.29, 0.717) is 5.56 Å². The molecular weight excluding hydrogens is 355 g/mol. The number of hydrogen-bond donors (Lipinski definition) is 5. The van der Waals surface area contributed by atoms with Crippen molar-refractivity contribution >= 4 is 25.6 Å². The largest absolute Gasteiger partial charge is 0.481 e. The number of carboxylic acid groups (broad SMARTS) is 2. The van der Waals surface area contributed by atoms with Crippen LogP contribution in [0.4, 0.5) is 0 Å². The molecule has 1 aromatic rings. The molecule has 5 N–H and O–H groups in total. The lowest BCUT2D eigenvalue weighted by atomic mass is 10.2. The predicted molar refractivity (Wildman–Crippen MR) is 86.0 cm³/mol. The summed E-state index contributed by atoms with van der Waals surface area (Å²) in [5.74, 6) is -3.10. The molecule has 1 amide bonds. The van der Waals surface area contributed by atoms with Crippen molar-refractivity contribution in [2.24, 2.45) is 0 Å². The summed E-state index contributed by atoms with van der Waals surface area (Å²) in [7, 11) is -4.47. The first-order valence-corrected chi connectivity index (χ1v) is 8.82. The summed E-state index contributed by atoms with van der Waals surface area (Å²) in [6, 6.07) is 6.74. The van der Waals surface area contributed by atoms with Crippen LogP contribution in [0.1, 0.15) is 23.2 Å². The van der Waals surface area contributed by atoms with Crippen LogP contribution in [0.5, 0.6) is 0 Å². The molecule has 2 atom stereocenters. The Bertz CT molecular complexity index is 651. The zero-order chi connectivity index (χ0) is 18.9. The predicted octanol–water partition coefficient (Wildman–Crippen LogP) is 0.441. The third-order valence-corrected chi connectivity index (χ3v) is 4.12. The number of carboxylic acids is 2. The van der Waals surface area contributed by atoms with Gasteiger partial charge in [-0.2, -0.15) is 0 Å². The van der Waals surface area contributed by atoms with E-state index >= 15 is 0 Å². The Morgan fingerprint density at radius 1 is 1.16 bits per heavy atom. The van der Waals surface area contributed by atoms with Crippen LogP contribution in [-0.2, 0) is 18.7 Å². The van der Waals surface area contributed by atoms with Gasteiger partial charge < -0.3 is 20.4 Å². The van der Waals surface area contributed by atoms with Gasteiger partial charge in [0, 0.05) is 18.5 Å². The first-order valence-electron chi connectivity index (χ1n) is 7.24. The average molecular weight is 374 g/mol. The van der Waals surface area contributed by atoms with Gasteiger partial charge in [0.1, 0.15) is 6.04 Å². The standard InChI is InChI=1S/C14H19N2O8P/c17-12(18)7-6-11(14(20)21)16-25(22,23)24-9-8-15-13(19)10-4-2-1-3-5-10/h1-5,11H,6-9H2,(H,15,19)(H,17,18)(H,20,21)(H2,16,22,23)/t11-/m0/s1. The first kappa shape index (κ1) is 20.8. The molecule has 0 radical (unpaired) electrons. The van der Waals surface area contributed by atoms with Gasteiger partial charge in [-0.15, -0.1) is 0 Å². The van der Waals surface area contributed by atoms with Gasteiger partial charge in [-0.1, -0.05) is 18.2 Å². The second kappa shape index (κ2) is 9.90. The van der Waals surface area contributed by atoms with E-state index in [2.05, 4.69) is 9.84 Å². The maximum absolute atomic E-state index is 11.8. The monoisotopic (exact) mass is 374 g/mol. The fourth-order valence-electron chi connectivity index (χ4n) is 1.77. The molecule has 0 saturated carbocycles. The Balaban J connectivity index is 2.41. The fraction of sp³-hybridized carbons (Fsp3) is 0.357. The van der Waals surface area contributed by atoms with Crippen molar-refractivity contribution in [3.8, 4) is 0 Å². The summed E-state index contributed by atoms with van der Waals surface area (Å²) < 4.78 is 16.5. The smallest absolute Gasteiger partial charge is 0.403 e. The molecule has 0 heterocycles. The number of nitrogens with one attached hydrogen (secondary N) is 2. The molecule has 138 valence electrons. The SMILES string of the molecule is O=C(O)CC[C@H](NP(=O)(O)OCCNC(=O)c1ccccc1)C(=O)O. The second-order valence-electron chi connectivity index (χ2n) is 4.93. The number of rotatable bonds is 11. The minimum absolute atomic E-state index is 0.0766. The fourth-order valence-corrected chi connectivity index (χ4v) is 2.82. The molecule has 25 heavy (non-hydrogen) atoms. The molecule has 10 nitrogen and oxygen atoms in total. The molecule has 1 rings (SSSR count). The molecule has 1 unspecified atom stereocenters. The maximum Gasteiger partial charge on any atom is 0.403 e. The van der Waals surface area contributed by atoms with Crippen LogP contribution in [0.25, 0.3) is 0 Å². The van der Waals surface area contributed by atoms with Crippen LogP contribution in [0.2, 0.25) is 0 Å². The first-order chi connectivity index (χ1) is 11.7. The van der Waals surface area contributed by atoms with Crippen LogP contribution >= 0.6 is 7.75 Å². The van der Waals surface area contributed by atoms with Crippen molar-refractivity contribution in [1.29, 1.82) is 0 Å². The minimum atomic E-state index is -4.47. The van der Waals surface area contributed by atoms with Crippen LogP contribution in [0.3, 0.4) is 0 Å². The van der Waals surface area contributed by atoms with Gasteiger partial charge in [0.05, 0.1) is 6.61 Å². The Kier molecular flexibility index (Phi) is 8.23. The molecule has 0 aliphatic heterocycles. The van der Waals surface area contributed by atoms with Crippen molar-refractivity contribution in [1.82, 2.24) is 10.4 Å². The Morgan fingerprint density at radius 2 is 1.80 bits per heavy atom. The molecule has 0 aliphatic carbocycles. The molecule has 0 aliphatic rings. The van der Waals surface area contributed by atoms with Crippen LogP contribution in [0, 0.1) is 0 Å². The number of amides is 1. The van der Waals surface area contributed by atoms with Crippen molar-refractivity contribution < 1.29 is 38.6 Å². The molecular formula is C14H19N2O8P. The average Bonchev–Trinajstić information content (AvgIpc) is 2.55. The van der Waals surface area contributed by atoms with Gasteiger partial charge >= 0.3 is 19.7 Å². The quantitative estimate of drug-likeness (QED) is 0.273. The highest BCUT2D eigenvalue weighted by Crippen LogP contribution is 2.37. The van der Waals surface area contributed by atoms with E-state index in [9.17, 15) is 23.8 Å². The number of aliphatic carboxylic acids is 2. The van der Waals surface area contributed by atoms with Crippen molar-refractivity contribution in [2.75, 3.05) is 13.2 Å². The summed E-state index contributed by atoms with van der Waals surface area (Å²) in [6.45, 7) is -0.419. The summed E-state index contributed by atoms with van der Waals surface area (Å²) in [4.78, 5) is 42.7. The van der Waals surface area contributed by atoms with Gasteiger partial charge in [0.25, 0.3) is 5.91 Å². The van der Waals surface area contributed by atoms with Gasteiger partial charge in [0.15, 0.2) is 0 Å². The van der Waals surface area contributed by atoms with E-state index in [1.807, 2.05) is 5.09 Å². The van der Waals surface area contributed by atoms with Gasteiger partial charge in [-0.3, -0.25) is 18.9 Å². The summed E-state index contributed by atoms with van der Waals surface area (Å²) in [5, 5.41) is 21.8. The highest BCUT2D eigenvalue weighted by molar-refractivity contribution is 7.50. The number of hydrogen-bond acceptors (Lipinski definition) is 5. The van der Waals surface area contributed by atoms with Gasteiger partial charge in [0.2, 0.25) is 0 Å². The second-order valence-corrected chi connectivity index (χ2v) is 6.49. The lowest BCUT2D eigenvalue weighted by Gasteiger charge is -2.18. The van der Waals surface area contributed by atoms with E-state index in [1.54, 1.807) is 30.3 Å². The zero-order valence-electron chi connectivity index (χ0n) is 13.1. The van der Waals surface area contributed by atoms with E-state index < -0.39 is 38.1 Å².